The van der Waals surface area contributed by atoms with E-state index in [1.807, 2.05) is 16.8 Å². The van der Waals surface area contributed by atoms with Crippen molar-refractivity contribution in [3.05, 3.63) is 16.6 Å². The number of halogens is 1. The fraction of sp³-hybridized carbons (Fsp3) is 0.562. The number of piperidine rings is 1. The number of hydrogen-bond acceptors (Lipinski definition) is 5. The number of benzene rings is 1. The molecule has 2 atom stereocenters. The summed E-state index contributed by atoms with van der Waals surface area (Å²) in [6, 6.07) is 3.72. The molecule has 1 saturated heterocycles. The number of hydrogen-bond donors (Lipinski definition) is 2. The molecule has 1 amide bonds. The van der Waals surface area contributed by atoms with Gasteiger partial charge in [0, 0.05) is 13.1 Å². The third-order valence-electron chi connectivity index (χ3n) is 4.79. The van der Waals surface area contributed by atoms with Gasteiger partial charge in [-0.25, -0.2) is 9.48 Å². The molecule has 0 unspecified atom stereocenters. The first-order valence-corrected chi connectivity index (χ1v) is 9.16. The van der Waals surface area contributed by atoms with Crippen LogP contribution in [-0.4, -0.2) is 61.5 Å². The van der Waals surface area contributed by atoms with E-state index in [-0.39, 0.29) is 6.54 Å². The van der Waals surface area contributed by atoms with Crippen LogP contribution in [0, 0.1) is 5.92 Å². The number of ether oxygens (including phenoxy) is 1. The van der Waals surface area contributed by atoms with E-state index < -0.39 is 18.3 Å². The van der Waals surface area contributed by atoms with Gasteiger partial charge in [0.25, 0.3) is 0 Å². The molecule has 8 nitrogen and oxygen atoms in total. The lowest BCUT2D eigenvalue weighted by atomic mass is 10.1. The van der Waals surface area contributed by atoms with Crippen LogP contribution in [0.25, 0.3) is 11.0 Å². The first kappa shape index (κ1) is 16.6. The maximum atomic E-state index is 11.2. The van der Waals surface area contributed by atoms with Crippen molar-refractivity contribution in [3.8, 4) is 5.75 Å². The Morgan fingerprint density at radius 3 is 2.88 bits per heavy atom. The van der Waals surface area contributed by atoms with E-state index >= 15 is 0 Å². The molecular formula is C16H19BrN4O4. The van der Waals surface area contributed by atoms with Gasteiger partial charge in [0.15, 0.2) is 0 Å². The first-order chi connectivity index (χ1) is 12.0. The summed E-state index contributed by atoms with van der Waals surface area (Å²) in [5, 5.41) is 27.7. The van der Waals surface area contributed by atoms with Crippen LogP contribution in [0.1, 0.15) is 19.3 Å². The topological polar surface area (TPSA) is 101 Å². The molecule has 9 heteroatoms. The number of aromatic nitrogens is 3. The number of fused-ring (bicyclic) bond motifs is 1. The molecule has 0 bridgehead atoms. The molecule has 4 rings (SSSR count). The van der Waals surface area contributed by atoms with Gasteiger partial charge in [-0.2, -0.15) is 0 Å². The molecule has 1 aliphatic carbocycles. The molecular weight excluding hydrogens is 392 g/mol. The largest absolute Gasteiger partial charge is 0.485 e. The Morgan fingerprint density at radius 2 is 2.16 bits per heavy atom. The Hall–Kier alpha value is -1.87. The van der Waals surface area contributed by atoms with E-state index in [0.29, 0.717) is 34.6 Å². The normalized spacial score (nSPS) is 23.8. The third-order valence-corrected chi connectivity index (χ3v) is 5.56. The summed E-state index contributed by atoms with van der Waals surface area (Å²) in [6.45, 7) is 1.32. The predicted molar refractivity (Wildman–Crippen MR) is 92.6 cm³/mol. The van der Waals surface area contributed by atoms with Crippen molar-refractivity contribution >= 4 is 33.1 Å². The zero-order valence-corrected chi connectivity index (χ0v) is 15.1. The zero-order valence-electron chi connectivity index (χ0n) is 13.5. The highest BCUT2D eigenvalue weighted by molar-refractivity contribution is 9.10. The number of amides is 1. The molecule has 2 aromatic rings. The molecule has 0 radical (unpaired) electrons. The number of nitrogens with zero attached hydrogens (tertiary/aromatic N) is 4. The lowest BCUT2D eigenvalue weighted by Gasteiger charge is -2.34. The van der Waals surface area contributed by atoms with Crippen molar-refractivity contribution in [2.45, 2.75) is 38.0 Å². The lowest BCUT2D eigenvalue weighted by Crippen LogP contribution is -2.51. The van der Waals surface area contributed by atoms with Crippen LogP contribution in [0.2, 0.25) is 0 Å². The van der Waals surface area contributed by atoms with Crippen molar-refractivity contribution in [1.29, 1.82) is 0 Å². The second-order valence-electron chi connectivity index (χ2n) is 6.70. The molecule has 2 fully saturated rings. The Labute approximate surface area is 152 Å². The number of aliphatic hydroxyl groups excluding tert-OH is 1. The highest BCUT2D eigenvalue weighted by atomic mass is 79.9. The highest BCUT2D eigenvalue weighted by Crippen LogP contribution is 2.35. The predicted octanol–water partition coefficient (Wildman–Crippen LogP) is 2.10. The Bertz CT molecular complexity index is 807. The Balaban J connectivity index is 1.56. The number of carbonyl (C=O) groups is 1. The van der Waals surface area contributed by atoms with Crippen molar-refractivity contribution in [2.75, 3.05) is 13.1 Å². The molecule has 1 aromatic carbocycles. The monoisotopic (exact) mass is 410 g/mol. The second-order valence-corrected chi connectivity index (χ2v) is 7.49. The van der Waals surface area contributed by atoms with Crippen LogP contribution in [0.15, 0.2) is 16.6 Å². The standard InChI is InChI=1S/C16H19BrN4O4/c17-14-12(25-13-8-20(16(23)24)6-5-11(13)22)4-3-10-15(14)18-19-21(10)7-9-1-2-9/h3-4,9,11,13,22H,1-2,5-8H2,(H,23,24)/t11-,13-/m0/s1. The maximum Gasteiger partial charge on any atom is 0.407 e. The van der Waals surface area contributed by atoms with Crippen molar-refractivity contribution < 1.29 is 19.7 Å². The SMILES string of the molecule is O=C(O)N1CC[C@H](O)[C@@H](Oc2ccc3c(nnn3CC3CC3)c2Br)C1. The number of likely N-dealkylation sites (tertiary alicyclic amines) is 1. The van der Waals surface area contributed by atoms with Crippen molar-refractivity contribution in [1.82, 2.24) is 19.9 Å². The second kappa shape index (κ2) is 6.45. The van der Waals surface area contributed by atoms with E-state index in [2.05, 4.69) is 26.2 Å². The zero-order chi connectivity index (χ0) is 17.6. The van der Waals surface area contributed by atoms with Gasteiger partial charge in [-0.1, -0.05) is 5.21 Å². The molecule has 1 aliphatic heterocycles. The summed E-state index contributed by atoms with van der Waals surface area (Å²) in [5.74, 6) is 1.22. The summed E-state index contributed by atoms with van der Waals surface area (Å²) in [6.07, 6.45) is 0.517. The van der Waals surface area contributed by atoms with Gasteiger partial charge in [0.2, 0.25) is 0 Å². The minimum atomic E-state index is -1.00. The molecule has 2 aliphatic rings. The molecule has 1 saturated carbocycles. The summed E-state index contributed by atoms with van der Waals surface area (Å²) < 4.78 is 8.49. The summed E-state index contributed by atoms with van der Waals surface area (Å²) >= 11 is 3.52. The van der Waals surface area contributed by atoms with E-state index in [4.69, 9.17) is 9.84 Å². The summed E-state index contributed by atoms with van der Waals surface area (Å²) in [4.78, 5) is 12.4. The van der Waals surface area contributed by atoms with Gasteiger partial charge < -0.3 is 19.8 Å². The Morgan fingerprint density at radius 1 is 1.36 bits per heavy atom. The fourth-order valence-electron chi connectivity index (χ4n) is 3.11. The lowest BCUT2D eigenvalue weighted by molar-refractivity contribution is -0.0196. The van der Waals surface area contributed by atoms with Gasteiger partial charge >= 0.3 is 6.09 Å². The molecule has 0 spiro atoms. The smallest absolute Gasteiger partial charge is 0.407 e. The summed E-state index contributed by atoms with van der Waals surface area (Å²) in [5.41, 5.74) is 1.64. The van der Waals surface area contributed by atoms with Gasteiger partial charge in [-0.05, 0) is 53.2 Å². The van der Waals surface area contributed by atoms with Crippen LogP contribution in [-0.2, 0) is 6.54 Å². The third kappa shape index (κ3) is 3.30. The fourth-order valence-corrected chi connectivity index (χ4v) is 3.62. The average molecular weight is 411 g/mol. The van der Waals surface area contributed by atoms with E-state index in [1.54, 1.807) is 0 Å². The minimum Gasteiger partial charge on any atom is -0.485 e. The first-order valence-electron chi connectivity index (χ1n) is 8.37. The average Bonchev–Trinajstić information content (AvgIpc) is 3.31. The van der Waals surface area contributed by atoms with Crippen LogP contribution in [0.3, 0.4) is 0 Å². The van der Waals surface area contributed by atoms with Crippen LogP contribution >= 0.6 is 15.9 Å². The van der Waals surface area contributed by atoms with Gasteiger partial charge in [0.1, 0.15) is 17.4 Å². The molecule has 1 aromatic heterocycles. The van der Waals surface area contributed by atoms with Crippen molar-refractivity contribution in [2.24, 2.45) is 5.92 Å². The van der Waals surface area contributed by atoms with E-state index in [0.717, 1.165) is 12.1 Å². The van der Waals surface area contributed by atoms with Crippen LogP contribution in [0.5, 0.6) is 5.75 Å². The van der Waals surface area contributed by atoms with Crippen LogP contribution in [0.4, 0.5) is 4.79 Å². The molecule has 25 heavy (non-hydrogen) atoms. The highest BCUT2D eigenvalue weighted by Gasteiger charge is 2.32. The van der Waals surface area contributed by atoms with E-state index in [9.17, 15) is 9.90 Å². The summed E-state index contributed by atoms with van der Waals surface area (Å²) in [7, 11) is 0. The van der Waals surface area contributed by atoms with Crippen LogP contribution < -0.4 is 4.74 Å². The minimum absolute atomic E-state index is 0.134. The van der Waals surface area contributed by atoms with Gasteiger partial charge in [0.05, 0.1) is 22.6 Å². The molecule has 2 heterocycles. The number of aliphatic hydroxyl groups is 1. The Kier molecular flexibility index (Phi) is 4.28. The maximum absolute atomic E-state index is 11.2. The molecule has 134 valence electrons. The number of carboxylic acid groups (broad SMARTS) is 1. The molecule has 2 N–H and O–H groups in total. The van der Waals surface area contributed by atoms with Crippen molar-refractivity contribution in [3.63, 3.8) is 0 Å². The quantitative estimate of drug-likeness (QED) is 0.799. The van der Waals surface area contributed by atoms with E-state index in [1.165, 1.54) is 17.7 Å². The number of rotatable bonds is 4. The van der Waals surface area contributed by atoms with Gasteiger partial charge in [-0.15, -0.1) is 5.10 Å². The van der Waals surface area contributed by atoms with Gasteiger partial charge in [-0.3, -0.25) is 0 Å².